The number of hydrogen-bond donors (Lipinski definition) is 1. The Labute approximate surface area is 145 Å². The average molecular weight is 368 g/mol. The van der Waals surface area contributed by atoms with E-state index in [9.17, 15) is 13.2 Å². The third kappa shape index (κ3) is 3.32. The Balaban J connectivity index is 1.77. The van der Waals surface area contributed by atoms with Crippen LogP contribution in [0.25, 0.3) is 0 Å². The zero-order valence-electron chi connectivity index (χ0n) is 13.4. The maximum Gasteiger partial charge on any atom is 0.243 e. The van der Waals surface area contributed by atoms with Gasteiger partial charge in [0, 0.05) is 24.1 Å². The first-order chi connectivity index (χ1) is 11.3. The largest absolute Gasteiger partial charge is 0.310 e. The molecule has 1 unspecified atom stereocenters. The number of carbonyl (C=O) groups excluding carboxylic acids is 1. The van der Waals surface area contributed by atoms with Gasteiger partial charge in [-0.25, -0.2) is 8.42 Å². The first kappa shape index (κ1) is 17.0. The Morgan fingerprint density at radius 1 is 1.33 bits per heavy atom. The smallest absolute Gasteiger partial charge is 0.243 e. The standard InChI is InChI=1S/C16H18ClN3O3S/c1-10(24(22,23)13-7-5-12(17)6-8-13)16(21)18-15-9-14(11-3-4-11)19-20(15)2/h5-11H,3-4H2,1-2H3,(H,18,21). The van der Waals surface area contributed by atoms with Gasteiger partial charge in [0.15, 0.2) is 9.84 Å². The lowest BCUT2D eigenvalue weighted by molar-refractivity contribution is -0.115. The van der Waals surface area contributed by atoms with Crippen LogP contribution in [0.1, 0.15) is 31.4 Å². The highest BCUT2D eigenvalue weighted by molar-refractivity contribution is 7.92. The Kier molecular flexibility index (Phi) is 4.40. The predicted octanol–water partition coefficient (Wildman–Crippen LogP) is 2.75. The minimum Gasteiger partial charge on any atom is -0.310 e. The third-order valence-electron chi connectivity index (χ3n) is 4.12. The molecule has 8 heteroatoms. The molecule has 1 aromatic heterocycles. The molecule has 0 spiro atoms. The molecule has 2 aromatic rings. The predicted molar refractivity (Wildman–Crippen MR) is 91.9 cm³/mol. The summed E-state index contributed by atoms with van der Waals surface area (Å²) < 4.78 is 26.7. The summed E-state index contributed by atoms with van der Waals surface area (Å²) in [6.07, 6.45) is 2.21. The molecular weight excluding hydrogens is 350 g/mol. The van der Waals surface area contributed by atoms with E-state index in [-0.39, 0.29) is 4.90 Å². The lowest BCUT2D eigenvalue weighted by atomic mass is 10.3. The van der Waals surface area contributed by atoms with Crippen LogP contribution in [-0.2, 0) is 21.7 Å². The van der Waals surface area contributed by atoms with Crippen molar-refractivity contribution in [3.05, 3.63) is 41.0 Å². The second kappa shape index (κ2) is 6.22. The van der Waals surface area contributed by atoms with Crippen molar-refractivity contribution in [1.29, 1.82) is 0 Å². The average Bonchev–Trinajstić information content (AvgIpc) is 3.32. The van der Waals surface area contributed by atoms with E-state index in [1.165, 1.54) is 31.2 Å². The number of hydrogen-bond acceptors (Lipinski definition) is 4. The van der Waals surface area contributed by atoms with Crippen molar-refractivity contribution in [3.63, 3.8) is 0 Å². The highest BCUT2D eigenvalue weighted by Crippen LogP contribution is 2.39. The summed E-state index contributed by atoms with van der Waals surface area (Å²) in [4.78, 5) is 12.5. The van der Waals surface area contributed by atoms with Gasteiger partial charge in [0.05, 0.1) is 10.6 Å². The van der Waals surface area contributed by atoms with Crippen molar-refractivity contribution in [1.82, 2.24) is 9.78 Å². The zero-order valence-corrected chi connectivity index (χ0v) is 14.9. The molecule has 0 bridgehead atoms. The molecule has 0 radical (unpaired) electrons. The summed E-state index contributed by atoms with van der Waals surface area (Å²) in [6.45, 7) is 1.37. The van der Waals surface area contributed by atoms with Crippen molar-refractivity contribution in [3.8, 4) is 0 Å². The van der Waals surface area contributed by atoms with E-state index in [0.29, 0.717) is 16.8 Å². The molecule has 1 saturated carbocycles. The number of halogens is 1. The number of sulfone groups is 1. The lowest BCUT2D eigenvalue weighted by Crippen LogP contribution is -2.33. The second-order valence-electron chi connectivity index (χ2n) is 5.98. The summed E-state index contributed by atoms with van der Waals surface area (Å²) >= 11 is 5.78. The molecule has 1 fully saturated rings. The van der Waals surface area contributed by atoms with Crippen LogP contribution in [0.4, 0.5) is 5.82 Å². The molecule has 128 valence electrons. The van der Waals surface area contributed by atoms with Crippen LogP contribution in [0.2, 0.25) is 5.02 Å². The Morgan fingerprint density at radius 3 is 2.54 bits per heavy atom. The van der Waals surface area contributed by atoms with Gasteiger partial charge in [0.2, 0.25) is 5.91 Å². The molecule has 3 rings (SSSR count). The van der Waals surface area contributed by atoms with E-state index in [1.807, 2.05) is 0 Å². The number of benzene rings is 1. The van der Waals surface area contributed by atoms with Gasteiger partial charge in [-0.15, -0.1) is 0 Å². The Hall–Kier alpha value is -1.86. The summed E-state index contributed by atoms with van der Waals surface area (Å²) in [5, 5.41) is 6.22. The number of aromatic nitrogens is 2. The summed E-state index contributed by atoms with van der Waals surface area (Å²) in [6, 6.07) is 7.58. The maximum absolute atomic E-state index is 12.6. The van der Waals surface area contributed by atoms with Crippen molar-refractivity contribution in [2.24, 2.45) is 7.05 Å². The summed E-state index contributed by atoms with van der Waals surface area (Å²) in [5.74, 6) is 0.368. The van der Waals surface area contributed by atoms with E-state index >= 15 is 0 Å². The highest BCUT2D eigenvalue weighted by atomic mass is 35.5. The van der Waals surface area contributed by atoms with E-state index in [4.69, 9.17) is 11.6 Å². The normalized spacial score (nSPS) is 16.0. The van der Waals surface area contributed by atoms with Gasteiger partial charge in [-0.05, 0) is 44.0 Å². The summed E-state index contributed by atoms with van der Waals surface area (Å²) in [5.41, 5.74) is 0.931. The van der Waals surface area contributed by atoms with Gasteiger partial charge in [-0.1, -0.05) is 11.6 Å². The van der Waals surface area contributed by atoms with Crippen LogP contribution in [0.15, 0.2) is 35.2 Å². The minimum absolute atomic E-state index is 0.0678. The second-order valence-corrected chi connectivity index (χ2v) is 8.69. The molecule has 0 aliphatic heterocycles. The Bertz CT molecular complexity index is 870. The third-order valence-corrected chi connectivity index (χ3v) is 6.45. The van der Waals surface area contributed by atoms with Gasteiger partial charge in [-0.3, -0.25) is 9.48 Å². The summed E-state index contributed by atoms with van der Waals surface area (Å²) in [7, 11) is -2.06. The Morgan fingerprint density at radius 2 is 1.96 bits per heavy atom. The molecule has 1 atom stereocenters. The monoisotopic (exact) mass is 367 g/mol. The van der Waals surface area contributed by atoms with Crippen LogP contribution >= 0.6 is 11.6 Å². The number of nitrogens with one attached hydrogen (secondary N) is 1. The zero-order chi connectivity index (χ0) is 17.5. The fraction of sp³-hybridized carbons (Fsp3) is 0.375. The van der Waals surface area contributed by atoms with Crippen LogP contribution < -0.4 is 5.32 Å². The van der Waals surface area contributed by atoms with E-state index in [0.717, 1.165) is 18.5 Å². The quantitative estimate of drug-likeness (QED) is 0.881. The van der Waals surface area contributed by atoms with Gasteiger partial charge < -0.3 is 5.32 Å². The van der Waals surface area contributed by atoms with Crippen molar-refractivity contribution >= 4 is 33.2 Å². The molecule has 1 aliphatic rings. The number of rotatable bonds is 5. The molecule has 1 aliphatic carbocycles. The number of carbonyl (C=O) groups is 1. The van der Waals surface area contributed by atoms with Gasteiger partial charge in [0.25, 0.3) is 0 Å². The molecule has 1 amide bonds. The molecule has 6 nitrogen and oxygen atoms in total. The molecule has 1 heterocycles. The topological polar surface area (TPSA) is 81.1 Å². The number of amides is 1. The van der Waals surface area contributed by atoms with Crippen molar-refractivity contribution < 1.29 is 13.2 Å². The molecule has 1 N–H and O–H groups in total. The van der Waals surface area contributed by atoms with E-state index < -0.39 is 21.0 Å². The van der Waals surface area contributed by atoms with Crippen molar-refractivity contribution in [2.45, 2.75) is 35.8 Å². The first-order valence-corrected chi connectivity index (χ1v) is 9.55. The van der Waals surface area contributed by atoms with Crippen LogP contribution in [0.3, 0.4) is 0 Å². The van der Waals surface area contributed by atoms with Crippen molar-refractivity contribution in [2.75, 3.05) is 5.32 Å². The van der Waals surface area contributed by atoms with Crippen LogP contribution in [0, 0.1) is 0 Å². The fourth-order valence-corrected chi connectivity index (χ4v) is 3.77. The maximum atomic E-state index is 12.6. The lowest BCUT2D eigenvalue weighted by Gasteiger charge is -2.13. The number of nitrogens with zero attached hydrogens (tertiary/aromatic N) is 2. The molecular formula is C16H18ClN3O3S. The molecule has 0 saturated heterocycles. The van der Waals surface area contributed by atoms with Crippen LogP contribution in [0.5, 0.6) is 0 Å². The molecule has 24 heavy (non-hydrogen) atoms. The van der Waals surface area contributed by atoms with Gasteiger partial charge >= 0.3 is 0 Å². The number of anilines is 1. The van der Waals surface area contributed by atoms with Gasteiger partial charge in [0.1, 0.15) is 11.1 Å². The highest BCUT2D eigenvalue weighted by Gasteiger charge is 2.31. The van der Waals surface area contributed by atoms with Crippen LogP contribution in [-0.4, -0.2) is 29.4 Å². The fourth-order valence-electron chi connectivity index (χ4n) is 2.38. The SMILES string of the molecule is CC(C(=O)Nc1cc(C2CC2)nn1C)S(=O)(=O)c1ccc(Cl)cc1. The van der Waals surface area contributed by atoms with E-state index in [1.54, 1.807) is 17.8 Å². The molecule has 1 aromatic carbocycles. The minimum atomic E-state index is -3.79. The first-order valence-electron chi connectivity index (χ1n) is 7.63. The van der Waals surface area contributed by atoms with Gasteiger partial charge in [-0.2, -0.15) is 5.10 Å². The number of aryl methyl sites for hydroxylation is 1. The van der Waals surface area contributed by atoms with E-state index in [2.05, 4.69) is 10.4 Å².